The molecular formula is C20H17N3OS2. The number of carbonyl (C=O) groups excluding carboxylic acids is 1. The molecule has 0 atom stereocenters. The van der Waals surface area contributed by atoms with Crippen LogP contribution in [0.5, 0.6) is 0 Å². The molecule has 6 heteroatoms. The average Bonchev–Trinajstić information content (AvgIpc) is 3.20. The molecule has 0 aliphatic rings. The number of aromatic nitrogens is 2. The Morgan fingerprint density at radius 2 is 1.96 bits per heavy atom. The molecule has 0 aliphatic heterocycles. The zero-order valence-corrected chi connectivity index (χ0v) is 15.9. The van der Waals surface area contributed by atoms with Crippen LogP contribution in [0.15, 0.2) is 53.9 Å². The Labute approximate surface area is 159 Å². The van der Waals surface area contributed by atoms with Gasteiger partial charge in [-0.1, -0.05) is 30.3 Å². The number of fused-ring (bicyclic) bond motifs is 1. The molecule has 0 spiro atoms. The minimum absolute atomic E-state index is 0.0536. The topological polar surface area (TPSA) is 54.9 Å². The van der Waals surface area contributed by atoms with E-state index in [1.165, 1.54) is 5.56 Å². The molecule has 0 saturated heterocycles. The molecule has 4 rings (SSSR count). The Morgan fingerprint density at radius 3 is 2.81 bits per heavy atom. The van der Waals surface area contributed by atoms with E-state index in [0.717, 1.165) is 38.0 Å². The van der Waals surface area contributed by atoms with E-state index >= 15 is 0 Å². The number of amides is 1. The lowest BCUT2D eigenvalue weighted by molar-refractivity contribution is -0.115. The van der Waals surface area contributed by atoms with E-state index in [4.69, 9.17) is 0 Å². The molecule has 0 radical (unpaired) electrons. The summed E-state index contributed by atoms with van der Waals surface area (Å²) in [6.45, 7) is 1.98. The Kier molecular flexibility index (Phi) is 4.77. The number of nitrogens with one attached hydrogen (secondary N) is 1. The maximum atomic E-state index is 12.3. The van der Waals surface area contributed by atoms with Gasteiger partial charge in [-0.2, -0.15) is 0 Å². The van der Waals surface area contributed by atoms with Crippen molar-refractivity contribution in [1.82, 2.24) is 9.97 Å². The summed E-state index contributed by atoms with van der Waals surface area (Å²) in [6.07, 6.45) is 1.08. The summed E-state index contributed by atoms with van der Waals surface area (Å²) in [5.41, 5.74) is 3.81. The molecule has 2 aromatic carbocycles. The number of benzene rings is 2. The third-order valence-electron chi connectivity index (χ3n) is 3.92. The molecule has 26 heavy (non-hydrogen) atoms. The quantitative estimate of drug-likeness (QED) is 0.540. The van der Waals surface area contributed by atoms with Crippen molar-refractivity contribution in [3.05, 3.63) is 75.2 Å². The van der Waals surface area contributed by atoms with Crippen LogP contribution >= 0.6 is 22.7 Å². The molecule has 4 aromatic rings. The Morgan fingerprint density at radius 1 is 1.12 bits per heavy atom. The first kappa shape index (κ1) is 16.9. The summed E-state index contributed by atoms with van der Waals surface area (Å²) in [5.74, 6) is -0.0536. The van der Waals surface area contributed by atoms with Crippen LogP contribution in [-0.4, -0.2) is 15.9 Å². The van der Waals surface area contributed by atoms with Gasteiger partial charge in [-0.25, -0.2) is 9.97 Å². The molecule has 0 bridgehead atoms. The number of aryl methyl sites for hydroxylation is 1. The monoisotopic (exact) mass is 379 g/mol. The van der Waals surface area contributed by atoms with E-state index in [2.05, 4.69) is 27.4 Å². The van der Waals surface area contributed by atoms with Gasteiger partial charge in [-0.3, -0.25) is 4.79 Å². The van der Waals surface area contributed by atoms with Crippen LogP contribution in [0.25, 0.3) is 10.2 Å². The standard InChI is InChI=1S/C20H17N3OS2/c1-13-21-17-8-7-15(10-18(17)26-13)22-19(24)11-16-12-25-20(23-16)9-14-5-3-2-4-6-14/h2-8,10,12H,9,11H2,1H3,(H,22,24). The fraction of sp³-hybridized carbons (Fsp3) is 0.150. The second kappa shape index (κ2) is 7.35. The summed E-state index contributed by atoms with van der Waals surface area (Å²) in [7, 11) is 0. The third-order valence-corrected chi connectivity index (χ3v) is 5.75. The highest BCUT2D eigenvalue weighted by atomic mass is 32.1. The zero-order valence-electron chi connectivity index (χ0n) is 14.2. The fourth-order valence-corrected chi connectivity index (χ4v) is 4.46. The molecule has 0 unspecified atom stereocenters. The van der Waals surface area contributed by atoms with E-state index in [1.807, 2.05) is 48.7 Å². The van der Waals surface area contributed by atoms with Crippen molar-refractivity contribution in [2.24, 2.45) is 0 Å². The highest BCUT2D eigenvalue weighted by Crippen LogP contribution is 2.25. The molecule has 1 amide bonds. The van der Waals surface area contributed by atoms with Gasteiger partial charge in [0.2, 0.25) is 5.91 Å². The summed E-state index contributed by atoms with van der Waals surface area (Å²) >= 11 is 3.23. The fourth-order valence-electron chi connectivity index (χ4n) is 2.77. The van der Waals surface area contributed by atoms with Crippen LogP contribution in [0.3, 0.4) is 0 Å². The van der Waals surface area contributed by atoms with E-state index in [-0.39, 0.29) is 12.3 Å². The Bertz CT molecular complexity index is 1050. The summed E-state index contributed by atoms with van der Waals surface area (Å²) in [5, 5.41) is 6.97. The number of carbonyl (C=O) groups is 1. The molecule has 0 fully saturated rings. The van der Waals surface area contributed by atoms with Crippen molar-refractivity contribution in [2.45, 2.75) is 19.8 Å². The van der Waals surface area contributed by atoms with E-state index in [9.17, 15) is 4.79 Å². The summed E-state index contributed by atoms with van der Waals surface area (Å²) < 4.78 is 1.08. The van der Waals surface area contributed by atoms with Crippen molar-refractivity contribution in [3.63, 3.8) is 0 Å². The van der Waals surface area contributed by atoms with Gasteiger partial charge < -0.3 is 5.32 Å². The van der Waals surface area contributed by atoms with Crippen molar-refractivity contribution >= 4 is 44.5 Å². The van der Waals surface area contributed by atoms with Crippen molar-refractivity contribution < 1.29 is 4.79 Å². The predicted molar refractivity (Wildman–Crippen MR) is 108 cm³/mol. The highest BCUT2D eigenvalue weighted by Gasteiger charge is 2.10. The second-order valence-corrected chi connectivity index (χ2v) is 8.21. The van der Waals surface area contributed by atoms with Gasteiger partial charge in [0.25, 0.3) is 0 Å². The molecular weight excluding hydrogens is 362 g/mol. The van der Waals surface area contributed by atoms with Gasteiger partial charge in [0.1, 0.15) is 0 Å². The van der Waals surface area contributed by atoms with Crippen LogP contribution < -0.4 is 5.32 Å². The molecule has 2 aromatic heterocycles. The minimum Gasteiger partial charge on any atom is -0.326 e. The van der Waals surface area contributed by atoms with Crippen LogP contribution in [0, 0.1) is 6.92 Å². The molecule has 0 saturated carbocycles. The van der Waals surface area contributed by atoms with Crippen LogP contribution in [0.4, 0.5) is 5.69 Å². The number of thiazole rings is 2. The predicted octanol–water partition coefficient (Wildman–Crippen LogP) is 4.83. The number of hydrogen-bond acceptors (Lipinski definition) is 5. The van der Waals surface area contributed by atoms with Gasteiger partial charge in [-0.05, 0) is 30.7 Å². The number of rotatable bonds is 5. The highest BCUT2D eigenvalue weighted by molar-refractivity contribution is 7.18. The van der Waals surface area contributed by atoms with Gasteiger partial charge >= 0.3 is 0 Å². The SMILES string of the molecule is Cc1nc2ccc(NC(=O)Cc3csc(Cc4ccccc4)n3)cc2s1. The first-order valence-electron chi connectivity index (χ1n) is 8.30. The normalized spacial score (nSPS) is 11.0. The maximum absolute atomic E-state index is 12.3. The van der Waals surface area contributed by atoms with Crippen LogP contribution in [0.1, 0.15) is 21.3 Å². The number of hydrogen-bond donors (Lipinski definition) is 1. The van der Waals surface area contributed by atoms with E-state index in [1.54, 1.807) is 22.7 Å². The van der Waals surface area contributed by atoms with Gasteiger partial charge in [-0.15, -0.1) is 22.7 Å². The number of anilines is 1. The van der Waals surface area contributed by atoms with Crippen molar-refractivity contribution in [2.75, 3.05) is 5.32 Å². The molecule has 2 heterocycles. The Balaban J connectivity index is 1.39. The van der Waals surface area contributed by atoms with Crippen molar-refractivity contribution in [1.29, 1.82) is 0 Å². The second-order valence-electron chi connectivity index (χ2n) is 6.04. The van der Waals surface area contributed by atoms with Gasteiger partial charge in [0.15, 0.2) is 0 Å². The third kappa shape index (κ3) is 3.98. The minimum atomic E-state index is -0.0536. The largest absolute Gasteiger partial charge is 0.326 e. The lowest BCUT2D eigenvalue weighted by atomic mass is 10.2. The molecule has 0 aliphatic carbocycles. The summed E-state index contributed by atoms with van der Waals surface area (Å²) in [6, 6.07) is 16.0. The van der Waals surface area contributed by atoms with Gasteiger partial charge in [0, 0.05) is 17.5 Å². The molecule has 1 N–H and O–H groups in total. The lowest BCUT2D eigenvalue weighted by Crippen LogP contribution is -2.14. The summed E-state index contributed by atoms with van der Waals surface area (Å²) in [4.78, 5) is 21.4. The first-order valence-corrected chi connectivity index (χ1v) is 9.99. The maximum Gasteiger partial charge on any atom is 0.230 e. The Hall–Kier alpha value is -2.57. The van der Waals surface area contributed by atoms with Crippen molar-refractivity contribution in [3.8, 4) is 0 Å². The lowest BCUT2D eigenvalue weighted by Gasteiger charge is -2.03. The average molecular weight is 380 g/mol. The van der Waals surface area contributed by atoms with Gasteiger partial charge in [0.05, 0.1) is 32.3 Å². The first-order chi connectivity index (χ1) is 12.7. The molecule has 4 nitrogen and oxygen atoms in total. The zero-order chi connectivity index (χ0) is 17.9. The van der Waals surface area contributed by atoms with E-state index < -0.39 is 0 Å². The molecule has 130 valence electrons. The van der Waals surface area contributed by atoms with Crippen LogP contribution in [-0.2, 0) is 17.6 Å². The number of nitrogens with zero attached hydrogens (tertiary/aromatic N) is 2. The van der Waals surface area contributed by atoms with Crippen LogP contribution in [0.2, 0.25) is 0 Å². The smallest absolute Gasteiger partial charge is 0.230 e. The van der Waals surface area contributed by atoms with E-state index in [0.29, 0.717) is 0 Å².